The summed E-state index contributed by atoms with van der Waals surface area (Å²) in [5.74, 6) is -1.23. The van der Waals surface area contributed by atoms with E-state index < -0.39 is 30.8 Å². The van der Waals surface area contributed by atoms with Crippen LogP contribution in [-0.2, 0) is 4.79 Å². The minimum absolute atomic E-state index is 0.0343. The highest BCUT2D eigenvalue weighted by molar-refractivity contribution is 5.83. The maximum Gasteiger partial charge on any atom is 0.389 e. The van der Waals surface area contributed by atoms with Gasteiger partial charge in [-0.25, -0.2) is 0 Å². The van der Waals surface area contributed by atoms with Crippen LogP contribution in [0.4, 0.5) is 13.2 Å². The largest absolute Gasteiger partial charge is 0.409 e. The first-order valence-corrected chi connectivity index (χ1v) is 4.57. The molecule has 0 spiro atoms. The maximum atomic E-state index is 11.7. The molecule has 0 aromatic heterocycles. The Labute approximate surface area is 90.5 Å². The van der Waals surface area contributed by atoms with Gasteiger partial charge in [-0.15, -0.1) is 0 Å². The van der Waals surface area contributed by atoms with Gasteiger partial charge >= 0.3 is 6.18 Å². The molecule has 0 rings (SSSR count). The second-order valence-electron chi connectivity index (χ2n) is 3.35. The molecule has 8 heteroatoms. The third-order valence-electron chi connectivity index (χ3n) is 1.86. The number of alkyl halides is 3. The molecule has 0 saturated heterocycles. The van der Waals surface area contributed by atoms with Crippen LogP contribution in [0.15, 0.2) is 5.16 Å². The second-order valence-corrected chi connectivity index (χ2v) is 3.35. The molecule has 0 aromatic carbocycles. The van der Waals surface area contributed by atoms with Crippen molar-refractivity contribution in [2.24, 2.45) is 16.8 Å². The Morgan fingerprint density at radius 3 is 2.56 bits per heavy atom. The zero-order valence-electron chi connectivity index (χ0n) is 8.71. The summed E-state index contributed by atoms with van der Waals surface area (Å²) in [4.78, 5) is 11.0. The minimum Gasteiger partial charge on any atom is -0.409 e. The van der Waals surface area contributed by atoms with Crippen molar-refractivity contribution in [2.45, 2.75) is 25.9 Å². The molecule has 1 atom stereocenters. The Kier molecular flexibility index (Phi) is 5.62. The second kappa shape index (κ2) is 6.19. The molecule has 0 aliphatic rings. The summed E-state index contributed by atoms with van der Waals surface area (Å²) in [5.41, 5.74) is 5.21. The van der Waals surface area contributed by atoms with E-state index in [1.165, 1.54) is 0 Å². The molecular weight excluding hydrogens is 227 g/mol. The summed E-state index contributed by atoms with van der Waals surface area (Å²) in [7, 11) is 0. The fourth-order valence-electron chi connectivity index (χ4n) is 0.814. The number of carbonyl (C=O) groups is 1. The van der Waals surface area contributed by atoms with Crippen molar-refractivity contribution in [3.05, 3.63) is 0 Å². The average Bonchev–Trinajstić information content (AvgIpc) is 2.20. The van der Waals surface area contributed by atoms with E-state index in [0.29, 0.717) is 0 Å². The molecule has 5 nitrogen and oxygen atoms in total. The molecule has 0 aromatic rings. The smallest absolute Gasteiger partial charge is 0.389 e. The number of amides is 1. The third-order valence-corrected chi connectivity index (χ3v) is 1.86. The SMILES string of the molecule is CC(CNC(=O)CCC(F)(F)F)C(N)=NO. The van der Waals surface area contributed by atoms with Crippen molar-refractivity contribution in [3.63, 3.8) is 0 Å². The molecule has 16 heavy (non-hydrogen) atoms. The summed E-state index contributed by atoms with van der Waals surface area (Å²) in [6.07, 6.45) is -6.11. The van der Waals surface area contributed by atoms with Crippen LogP contribution < -0.4 is 11.1 Å². The zero-order chi connectivity index (χ0) is 12.8. The summed E-state index contributed by atoms with van der Waals surface area (Å²) < 4.78 is 35.2. The van der Waals surface area contributed by atoms with Crippen LogP contribution in [-0.4, -0.2) is 29.7 Å². The van der Waals surface area contributed by atoms with Gasteiger partial charge in [0.15, 0.2) is 0 Å². The number of nitrogens with two attached hydrogens (primary N) is 1. The summed E-state index contributed by atoms with van der Waals surface area (Å²) in [5, 5.41) is 13.3. The molecule has 0 bridgehead atoms. The molecule has 4 N–H and O–H groups in total. The van der Waals surface area contributed by atoms with Crippen molar-refractivity contribution in [3.8, 4) is 0 Å². The van der Waals surface area contributed by atoms with Gasteiger partial charge in [-0.2, -0.15) is 13.2 Å². The standard InChI is InChI=1S/C8H14F3N3O2/c1-5(7(12)14-16)4-13-6(15)2-3-8(9,10)11/h5,16H,2-4H2,1H3,(H2,12,14)(H,13,15). The van der Waals surface area contributed by atoms with Gasteiger partial charge in [-0.1, -0.05) is 12.1 Å². The molecular formula is C8H14F3N3O2. The lowest BCUT2D eigenvalue weighted by Gasteiger charge is -2.11. The number of nitrogens with zero attached hydrogens (tertiary/aromatic N) is 1. The van der Waals surface area contributed by atoms with Gasteiger partial charge in [-0.3, -0.25) is 4.79 Å². The number of rotatable bonds is 5. The number of carbonyl (C=O) groups excluding carboxylic acids is 1. The zero-order valence-corrected chi connectivity index (χ0v) is 8.71. The Balaban J connectivity index is 3.82. The monoisotopic (exact) mass is 241 g/mol. The Hall–Kier alpha value is -1.47. The van der Waals surface area contributed by atoms with Crippen molar-refractivity contribution in [1.82, 2.24) is 5.32 Å². The van der Waals surface area contributed by atoms with E-state index in [1.54, 1.807) is 6.92 Å². The number of oxime groups is 1. The van der Waals surface area contributed by atoms with Crippen LogP contribution in [0, 0.1) is 5.92 Å². The Morgan fingerprint density at radius 2 is 2.12 bits per heavy atom. The summed E-state index contributed by atoms with van der Waals surface area (Å²) in [6, 6.07) is 0. The molecule has 0 radical (unpaired) electrons. The highest BCUT2D eigenvalue weighted by Crippen LogP contribution is 2.20. The lowest BCUT2D eigenvalue weighted by Crippen LogP contribution is -2.35. The summed E-state index contributed by atoms with van der Waals surface area (Å²) in [6.45, 7) is 1.60. The van der Waals surface area contributed by atoms with Crippen molar-refractivity contribution >= 4 is 11.7 Å². The van der Waals surface area contributed by atoms with Crippen molar-refractivity contribution < 1.29 is 23.2 Å². The molecule has 94 valence electrons. The third kappa shape index (κ3) is 6.91. The van der Waals surface area contributed by atoms with Crippen molar-refractivity contribution in [2.75, 3.05) is 6.54 Å². The van der Waals surface area contributed by atoms with E-state index in [2.05, 4.69) is 10.5 Å². The quantitative estimate of drug-likeness (QED) is 0.288. The van der Waals surface area contributed by atoms with E-state index in [1.807, 2.05) is 0 Å². The minimum atomic E-state index is -4.34. The number of amidine groups is 1. The highest BCUT2D eigenvalue weighted by atomic mass is 19.4. The Bertz CT molecular complexity index is 266. The van der Waals surface area contributed by atoms with Crippen LogP contribution in [0.1, 0.15) is 19.8 Å². The number of nitrogens with one attached hydrogen (secondary N) is 1. The van der Waals surface area contributed by atoms with E-state index in [-0.39, 0.29) is 12.4 Å². The first kappa shape index (κ1) is 14.5. The van der Waals surface area contributed by atoms with Gasteiger partial charge in [0.1, 0.15) is 5.84 Å². The maximum absolute atomic E-state index is 11.7. The van der Waals surface area contributed by atoms with Gasteiger partial charge in [0.05, 0.1) is 6.42 Å². The van der Waals surface area contributed by atoms with Crippen molar-refractivity contribution in [1.29, 1.82) is 0 Å². The molecule has 0 aliphatic carbocycles. The van der Waals surface area contributed by atoms with Crippen LogP contribution >= 0.6 is 0 Å². The average molecular weight is 241 g/mol. The van der Waals surface area contributed by atoms with Crippen LogP contribution in [0.25, 0.3) is 0 Å². The van der Waals surface area contributed by atoms with Gasteiger partial charge < -0.3 is 16.3 Å². The first-order chi connectivity index (χ1) is 7.26. The molecule has 1 unspecified atom stereocenters. The lowest BCUT2D eigenvalue weighted by atomic mass is 10.1. The van der Waals surface area contributed by atoms with E-state index in [0.717, 1.165) is 0 Å². The molecule has 0 aliphatic heterocycles. The Morgan fingerprint density at radius 1 is 1.56 bits per heavy atom. The molecule has 0 saturated carbocycles. The predicted molar refractivity (Wildman–Crippen MR) is 50.9 cm³/mol. The van der Waals surface area contributed by atoms with Crippen LogP contribution in [0.5, 0.6) is 0 Å². The van der Waals surface area contributed by atoms with Gasteiger partial charge in [0, 0.05) is 18.9 Å². The van der Waals surface area contributed by atoms with Crippen LogP contribution in [0.3, 0.4) is 0 Å². The van der Waals surface area contributed by atoms with Gasteiger partial charge in [0.2, 0.25) is 5.91 Å². The molecule has 1 amide bonds. The van der Waals surface area contributed by atoms with E-state index in [9.17, 15) is 18.0 Å². The fourth-order valence-corrected chi connectivity index (χ4v) is 0.814. The highest BCUT2D eigenvalue weighted by Gasteiger charge is 2.27. The van der Waals surface area contributed by atoms with E-state index in [4.69, 9.17) is 10.9 Å². The lowest BCUT2D eigenvalue weighted by molar-refractivity contribution is -0.144. The number of hydrogen-bond acceptors (Lipinski definition) is 3. The van der Waals surface area contributed by atoms with Crippen LogP contribution in [0.2, 0.25) is 0 Å². The predicted octanol–water partition coefficient (Wildman–Crippen LogP) is 0.828. The van der Waals surface area contributed by atoms with E-state index >= 15 is 0 Å². The van der Waals surface area contributed by atoms with Gasteiger partial charge in [-0.05, 0) is 0 Å². The molecule has 0 fully saturated rings. The van der Waals surface area contributed by atoms with Gasteiger partial charge in [0.25, 0.3) is 0 Å². The first-order valence-electron chi connectivity index (χ1n) is 4.57. The normalized spacial score (nSPS) is 14.6. The summed E-state index contributed by atoms with van der Waals surface area (Å²) >= 11 is 0. The number of hydrogen-bond donors (Lipinski definition) is 3. The molecule has 0 heterocycles. The fraction of sp³-hybridized carbons (Fsp3) is 0.750. The number of halogens is 3. The topological polar surface area (TPSA) is 87.7 Å².